The number of unbranched alkanes of at least 4 members (excludes halogenated alkanes) is 3. The highest BCUT2D eigenvalue weighted by atomic mass is 16.7. The number of ether oxygens (including phenoxy) is 13. The van der Waals surface area contributed by atoms with E-state index in [2.05, 4.69) is 34.4 Å². The molecule has 5 aromatic carbocycles. The minimum absolute atomic E-state index is 0.0228. The van der Waals surface area contributed by atoms with Gasteiger partial charge in [-0.25, -0.2) is 9.59 Å². The zero-order valence-electron chi connectivity index (χ0n) is 69.0. The van der Waals surface area contributed by atoms with E-state index in [1.54, 1.807) is 67.5 Å². The molecule has 0 saturated carbocycles. The smallest absolute Gasteiger partial charge is 0.335 e. The van der Waals surface area contributed by atoms with Gasteiger partial charge in [0.25, 0.3) is 23.6 Å². The van der Waals surface area contributed by atoms with Crippen molar-refractivity contribution in [2.24, 2.45) is 10.9 Å². The first-order valence-corrected chi connectivity index (χ1v) is 41.1. The normalized spacial score (nSPS) is 16.0. The Bertz CT molecular complexity index is 4310. The number of imide groups is 1. The number of allylic oxidation sites excluding steroid dienone is 2. The third-order valence-corrected chi connectivity index (χ3v) is 20.4. The summed E-state index contributed by atoms with van der Waals surface area (Å²) in [4.78, 5) is 117. The molecule has 5 aliphatic rings. The molecule has 642 valence electrons. The lowest BCUT2D eigenvalue weighted by Crippen LogP contribution is -2.47. The maximum Gasteiger partial charge on any atom is 0.335 e. The van der Waals surface area contributed by atoms with Crippen LogP contribution in [0.2, 0.25) is 0 Å². The van der Waals surface area contributed by atoms with E-state index < -0.39 is 35.8 Å². The number of amides is 6. The zero-order chi connectivity index (χ0) is 84.3. The fourth-order valence-electron chi connectivity index (χ4n) is 14.1. The number of methoxy groups -OCH3 is 2. The van der Waals surface area contributed by atoms with Crippen molar-refractivity contribution in [2.75, 3.05) is 155 Å². The highest BCUT2D eigenvalue weighted by Gasteiger charge is 2.40. The molecule has 6 amide bonds. The lowest BCUT2D eigenvalue weighted by molar-refractivity contribution is -0.198. The topological polar surface area (TPSA) is 336 Å². The number of para-hydroxylation sites is 2. The van der Waals surface area contributed by atoms with Crippen LogP contribution in [0.1, 0.15) is 141 Å². The third-order valence-electron chi connectivity index (χ3n) is 20.4. The number of nitrogens with one attached hydrogen (secondary N) is 4. The maximum atomic E-state index is 14.8. The minimum Gasteiger partial charge on any atom is -0.493 e. The van der Waals surface area contributed by atoms with Gasteiger partial charge >= 0.3 is 11.9 Å². The summed E-state index contributed by atoms with van der Waals surface area (Å²) in [6.07, 6.45) is 10.2. The number of anilines is 3. The molecule has 4 N–H and O–H groups in total. The Hall–Kier alpha value is -10.6. The average Bonchev–Trinajstić information content (AvgIpc) is 1.68. The second kappa shape index (κ2) is 47.9. The summed E-state index contributed by atoms with van der Waals surface area (Å²) in [7, 11) is 3.09. The van der Waals surface area contributed by atoms with Gasteiger partial charge in [0.2, 0.25) is 11.8 Å². The lowest BCUT2D eigenvalue weighted by atomic mass is 9.90. The molecule has 30 heteroatoms. The Morgan fingerprint density at radius 1 is 0.546 bits per heavy atom. The van der Waals surface area contributed by atoms with E-state index in [1.807, 2.05) is 73.5 Å². The Morgan fingerprint density at radius 2 is 1.08 bits per heavy atom. The Morgan fingerprint density at radius 3 is 1.67 bits per heavy atom. The largest absolute Gasteiger partial charge is 0.493 e. The minimum atomic E-state index is -0.715. The van der Waals surface area contributed by atoms with E-state index in [0.717, 1.165) is 41.0 Å². The van der Waals surface area contributed by atoms with Crippen molar-refractivity contribution in [1.82, 2.24) is 21.0 Å². The third kappa shape index (κ3) is 27.5. The molecule has 0 unspecified atom stereocenters. The number of carbonyl (C=O) groups excluding carboxylic acids is 8. The molecule has 4 atom stereocenters. The van der Waals surface area contributed by atoms with Gasteiger partial charge < -0.3 is 92.6 Å². The molecule has 1 fully saturated rings. The van der Waals surface area contributed by atoms with Crippen LogP contribution >= 0.6 is 0 Å². The molecule has 5 heterocycles. The molecule has 0 aromatic heterocycles. The molecule has 30 nitrogen and oxygen atoms in total. The highest BCUT2D eigenvalue weighted by molar-refractivity contribution is 6.15. The summed E-state index contributed by atoms with van der Waals surface area (Å²) < 4.78 is 74.2. The van der Waals surface area contributed by atoms with E-state index in [4.69, 9.17) is 71.4 Å². The first-order chi connectivity index (χ1) is 57.9. The van der Waals surface area contributed by atoms with E-state index in [0.29, 0.717) is 243 Å². The van der Waals surface area contributed by atoms with Crippen molar-refractivity contribution in [3.05, 3.63) is 161 Å². The van der Waals surface area contributed by atoms with E-state index >= 15 is 0 Å². The predicted octanol–water partition coefficient (Wildman–Crippen LogP) is 10.5. The molecule has 0 radical (unpaired) electrons. The van der Waals surface area contributed by atoms with Crippen molar-refractivity contribution in [1.29, 1.82) is 0 Å². The predicted molar refractivity (Wildman–Crippen MR) is 445 cm³/mol. The first-order valence-electron chi connectivity index (χ1n) is 41.1. The lowest BCUT2D eigenvalue weighted by Gasteiger charge is -2.30. The summed E-state index contributed by atoms with van der Waals surface area (Å²) >= 11 is 0. The summed E-state index contributed by atoms with van der Waals surface area (Å²) in [5.74, 6) is -1.42. The molecule has 5 aromatic rings. The van der Waals surface area contributed by atoms with Crippen molar-refractivity contribution < 1.29 is 105 Å². The van der Waals surface area contributed by atoms with Crippen LogP contribution in [-0.2, 0) is 95.7 Å². The van der Waals surface area contributed by atoms with Crippen LogP contribution in [0.25, 0.3) is 5.57 Å². The summed E-state index contributed by atoms with van der Waals surface area (Å²) in [6.45, 7) is 21.4. The van der Waals surface area contributed by atoms with Crippen LogP contribution < -0.4 is 50.0 Å². The van der Waals surface area contributed by atoms with Gasteiger partial charge in [-0.3, -0.25) is 38.7 Å². The molecule has 0 aliphatic carbocycles. The van der Waals surface area contributed by atoms with Crippen LogP contribution in [0.15, 0.2) is 133 Å². The van der Waals surface area contributed by atoms with Crippen LogP contribution in [0.4, 0.5) is 22.7 Å². The van der Waals surface area contributed by atoms with E-state index in [1.165, 1.54) is 13.2 Å². The van der Waals surface area contributed by atoms with Crippen LogP contribution in [0.3, 0.4) is 0 Å². The number of benzene rings is 5. The maximum absolute atomic E-state index is 14.8. The van der Waals surface area contributed by atoms with Crippen LogP contribution in [0, 0.1) is 5.92 Å². The van der Waals surface area contributed by atoms with Gasteiger partial charge in [-0.15, -0.1) is 5.06 Å². The number of hydrogen-bond acceptors (Lipinski definition) is 25. The van der Waals surface area contributed by atoms with Gasteiger partial charge in [-0.2, -0.15) is 0 Å². The van der Waals surface area contributed by atoms with Crippen molar-refractivity contribution in [3.8, 4) is 23.0 Å². The van der Waals surface area contributed by atoms with Crippen molar-refractivity contribution in [3.63, 3.8) is 0 Å². The number of nitrogens with zero attached hydrogens (tertiary/aromatic N) is 4. The number of fused-ring (bicyclic) bond motifs is 8. The van der Waals surface area contributed by atoms with Gasteiger partial charge in [-0.05, 0) is 141 Å². The fraction of sp³-hybridized carbons (Fsp3) is 0.494. The second-order valence-electron chi connectivity index (χ2n) is 29.5. The number of hydroxylamine groups is 2. The molecule has 0 bridgehead atoms. The quantitative estimate of drug-likeness (QED) is 0.0122. The molecule has 10 rings (SSSR count). The monoisotopic (exact) mass is 1650 g/mol. The molecular weight excluding hydrogens is 1530 g/mol. The van der Waals surface area contributed by atoms with E-state index in [-0.39, 0.29) is 80.7 Å². The molecule has 0 spiro atoms. The van der Waals surface area contributed by atoms with Gasteiger partial charge in [0, 0.05) is 85.1 Å². The summed E-state index contributed by atoms with van der Waals surface area (Å²) in [6, 6.07) is 28.3. The Labute approximate surface area is 695 Å². The number of hydrogen-bond donors (Lipinski definition) is 4. The van der Waals surface area contributed by atoms with Crippen molar-refractivity contribution in [2.45, 2.75) is 141 Å². The first kappa shape index (κ1) is 90.7. The van der Waals surface area contributed by atoms with Gasteiger partial charge in [0.1, 0.15) is 12.6 Å². The van der Waals surface area contributed by atoms with Gasteiger partial charge in [-0.1, -0.05) is 75.5 Å². The fourth-order valence-corrected chi connectivity index (χ4v) is 14.1. The van der Waals surface area contributed by atoms with Crippen LogP contribution in [-0.4, -0.2) is 223 Å². The number of aliphatic imine (C=N–C) groups is 1. The van der Waals surface area contributed by atoms with E-state index in [9.17, 15) is 38.4 Å². The molecule has 119 heavy (non-hydrogen) atoms. The average molecular weight is 1650 g/mol. The molecular formula is C89H114N8O22. The Kier molecular flexibility index (Phi) is 36.5. The molecule has 5 aliphatic heterocycles. The summed E-state index contributed by atoms with van der Waals surface area (Å²) in [5, 5.41) is 13.0. The standard InChI is InChI=1S/C89H114N8O22/c1-60(2)86(94-81(98)22-14-9-17-61(3)90-32-36-109-38-40-111-42-44-113-46-48-115-50-49-114-47-45-112-43-41-110-39-37-108-35-31-84(101)119-97-82(99)29-30-83(97)100)62(4)92-63(5)87(103)93-68-26-23-64(24-27-68)59-118-85(102)53-65-25-28-69-51-66-18-10-12-20-75(66)95(69)88(104)72-55-77(106-6)79(54-71(65)72)116-33-15-8-16-34-117-80-57-74-73(56-78(80)107-7)89(105)96-70(58-91-74)52-67-19-11-13-21-76(67)96/h10-13,18-21,23-24,26-27,53-58,60,63,69-70,86,90,92H,3-4,8-9,14-17,22,25,28-52,59H2,1-2,5-7H3,(H,93,103)(H,94,98)/b65-53-/t63-,69+,70-,86-/m0/s1. The van der Waals surface area contributed by atoms with Gasteiger partial charge in [0.05, 0.1) is 168 Å². The number of carbonyl (C=O) groups is 8. The molecule has 1 saturated heterocycles. The van der Waals surface area contributed by atoms with Gasteiger partial charge in [0.15, 0.2) is 23.0 Å². The number of esters is 1. The Balaban J connectivity index is 0.556. The number of rotatable bonds is 54. The summed E-state index contributed by atoms with van der Waals surface area (Å²) in [5.41, 5.74) is 9.03. The zero-order valence-corrected chi connectivity index (χ0v) is 69.0. The van der Waals surface area contributed by atoms with Crippen molar-refractivity contribution >= 4 is 81.9 Å². The second-order valence-corrected chi connectivity index (χ2v) is 29.5. The van der Waals surface area contributed by atoms with Crippen LogP contribution in [0.5, 0.6) is 23.0 Å². The SMILES string of the molecule is C=C(CCCCC(=O)N[C@H](C(=C)N[C@@H](C)C(=O)Nc1ccc(COC(=O)/C=C2/CC[C@@H]3Cc4ccccc4N3C(=O)c3cc(OC)c(OCCCCCOc4cc5c(cc4OC)C(=O)N4c6ccccc6C[C@H]4C=N5)cc32)cc1)C(C)C)NCCOCCOCCOCCOCCOCCOCCOCCOCCC(=O)ON1C(=O)CCC1=O. The highest BCUT2D eigenvalue weighted by Crippen LogP contribution is 2.44.